The smallest absolute Gasteiger partial charge is 0.255 e. The van der Waals surface area contributed by atoms with E-state index in [0.717, 1.165) is 50.5 Å². The molecule has 0 aromatic heterocycles. The Kier molecular flexibility index (Phi) is 17.1. The number of anilines is 1. The van der Waals surface area contributed by atoms with Crippen LogP contribution in [0.15, 0.2) is 121 Å². The van der Waals surface area contributed by atoms with Gasteiger partial charge in [0.15, 0.2) is 0 Å². The number of rotatable bonds is 18. The summed E-state index contributed by atoms with van der Waals surface area (Å²) in [6.45, 7) is 4.27. The molecule has 0 spiro atoms. The van der Waals surface area contributed by atoms with Crippen molar-refractivity contribution in [2.24, 2.45) is 5.73 Å². The van der Waals surface area contributed by atoms with E-state index in [1.165, 1.54) is 0 Å². The maximum atomic E-state index is 12.7. The number of aliphatic hydroxyl groups is 2. The monoisotopic (exact) mass is 886 g/mol. The lowest BCUT2D eigenvalue weighted by atomic mass is 10.2. The van der Waals surface area contributed by atoms with E-state index in [0.29, 0.717) is 57.2 Å². The molecular formula is C47H52Cl2N4O9. The minimum atomic E-state index is -0.688. The van der Waals surface area contributed by atoms with Crippen molar-refractivity contribution in [3.63, 3.8) is 0 Å². The first-order valence-corrected chi connectivity index (χ1v) is 21.1. The zero-order valence-electron chi connectivity index (χ0n) is 34.4. The average molecular weight is 888 g/mol. The largest absolute Gasteiger partial charge is 0.497 e. The summed E-state index contributed by atoms with van der Waals surface area (Å²) in [5.74, 6) is 2.23. The Hall–Kier alpha value is -5.54. The molecule has 2 aliphatic heterocycles. The second-order valence-electron chi connectivity index (χ2n) is 15.0. The van der Waals surface area contributed by atoms with Crippen molar-refractivity contribution in [3.05, 3.63) is 142 Å². The van der Waals surface area contributed by atoms with Crippen LogP contribution >= 0.6 is 23.2 Å². The lowest BCUT2D eigenvalue weighted by Crippen LogP contribution is -2.35. The van der Waals surface area contributed by atoms with Gasteiger partial charge in [-0.3, -0.25) is 19.4 Å². The summed E-state index contributed by atoms with van der Waals surface area (Å²) in [5, 5.41) is 25.1. The van der Waals surface area contributed by atoms with E-state index in [1.54, 1.807) is 79.9 Å². The van der Waals surface area contributed by atoms with Crippen LogP contribution in [0.5, 0.6) is 28.7 Å². The molecule has 2 amide bonds. The molecule has 4 atom stereocenters. The first-order valence-electron chi connectivity index (χ1n) is 20.4. The number of likely N-dealkylation sites (tertiary alicyclic amines) is 2. The molecule has 15 heteroatoms. The van der Waals surface area contributed by atoms with E-state index in [1.807, 2.05) is 48.5 Å². The summed E-state index contributed by atoms with van der Waals surface area (Å²) in [7, 11) is 1.56. The van der Waals surface area contributed by atoms with Crippen molar-refractivity contribution < 1.29 is 43.5 Å². The van der Waals surface area contributed by atoms with Crippen molar-refractivity contribution in [1.82, 2.24) is 9.80 Å². The lowest BCUT2D eigenvalue weighted by Gasteiger charge is -2.21. The molecule has 0 saturated carbocycles. The third-order valence-electron chi connectivity index (χ3n) is 10.1. The predicted octanol–water partition coefficient (Wildman–Crippen LogP) is 6.83. The number of benzene rings is 5. The normalized spacial score (nSPS) is 17.2. The highest BCUT2D eigenvalue weighted by Gasteiger charge is 2.27. The number of hydrogen-bond acceptors (Lipinski definition) is 11. The maximum absolute atomic E-state index is 12.7. The van der Waals surface area contributed by atoms with Crippen LogP contribution in [0.4, 0.5) is 5.69 Å². The van der Waals surface area contributed by atoms with Gasteiger partial charge < -0.3 is 44.9 Å². The summed E-state index contributed by atoms with van der Waals surface area (Å²) in [6, 6.07) is 35.5. The molecule has 0 aliphatic carbocycles. The summed E-state index contributed by atoms with van der Waals surface area (Å²) in [5.41, 5.74) is 6.64. The molecule has 5 N–H and O–H groups in total. The van der Waals surface area contributed by atoms with Crippen molar-refractivity contribution >= 4 is 40.7 Å². The van der Waals surface area contributed by atoms with Gasteiger partial charge in [0, 0.05) is 54.9 Å². The fraction of sp³-hybridized carbons (Fsp3) is 0.319. The number of hydrogen-bond donors (Lipinski definition) is 4. The SMILES string of the molecule is COc1cccc(C(=O)Nc2ccccc2OCC(O)CN2CCC(Oc3ccc(Cl)cc3)C2)c1.NC(=O)c1ccccc1OCC(O)CN1CCC(Oc2ccc(Cl)cc2)C1. The second kappa shape index (κ2) is 23.1. The van der Waals surface area contributed by atoms with E-state index in [-0.39, 0.29) is 31.3 Å². The van der Waals surface area contributed by atoms with E-state index in [9.17, 15) is 19.8 Å². The highest BCUT2D eigenvalue weighted by atomic mass is 35.5. The van der Waals surface area contributed by atoms with Crippen molar-refractivity contribution in [3.8, 4) is 28.7 Å². The molecule has 5 aromatic rings. The maximum Gasteiger partial charge on any atom is 0.255 e. The van der Waals surface area contributed by atoms with E-state index < -0.39 is 18.1 Å². The number of methoxy groups -OCH3 is 1. The van der Waals surface area contributed by atoms with E-state index in [4.69, 9.17) is 52.6 Å². The molecule has 328 valence electrons. The molecular weight excluding hydrogens is 835 g/mol. The van der Waals surface area contributed by atoms with Gasteiger partial charge in [-0.25, -0.2) is 0 Å². The first-order chi connectivity index (χ1) is 30.0. The molecule has 13 nitrogen and oxygen atoms in total. The Balaban J connectivity index is 0.000000214. The van der Waals surface area contributed by atoms with Gasteiger partial charge in [0.25, 0.3) is 11.8 Å². The van der Waals surface area contributed by atoms with Crippen LogP contribution < -0.4 is 34.7 Å². The highest BCUT2D eigenvalue weighted by molar-refractivity contribution is 6.30. The number of β-amino-alcohol motifs (C(OH)–C–C–N with tert-alkyl or cyclic N) is 2. The topological polar surface area (TPSA) is 165 Å². The second-order valence-corrected chi connectivity index (χ2v) is 15.8. The number of ether oxygens (including phenoxy) is 5. The number of para-hydroxylation sites is 3. The molecule has 7 rings (SSSR count). The van der Waals surface area contributed by atoms with Crippen molar-refractivity contribution in [1.29, 1.82) is 0 Å². The molecule has 0 bridgehead atoms. The number of carbonyl (C=O) groups is 2. The number of carbonyl (C=O) groups excluding carboxylic acids is 2. The van der Waals surface area contributed by atoms with Gasteiger partial charge in [-0.2, -0.15) is 0 Å². The zero-order chi connectivity index (χ0) is 43.8. The molecule has 2 heterocycles. The van der Waals surface area contributed by atoms with Gasteiger partial charge in [-0.1, -0.05) is 53.5 Å². The Morgan fingerprint density at radius 2 is 1.21 bits per heavy atom. The number of halogens is 2. The Morgan fingerprint density at radius 3 is 1.76 bits per heavy atom. The van der Waals surface area contributed by atoms with Crippen LogP contribution in [0.3, 0.4) is 0 Å². The third-order valence-corrected chi connectivity index (χ3v) is 10.6. The lowest BCUT2D eigenvalue weighted by molar-refractivity contribution is 0.0711. The van der Waals surface area contributed by atoms with E-state index >= 15 is 0 Å². The quantitative estimate of drug-likeness (QED) is 0.0730. The number of aliphatic hydroxyl groups excluding tert-OH is 2. The molecule has 4 unspecified atom stereocenters. The Labute approximate surface area is 371 Å². The van der Waals surface area contributed by atoms with Gasteiger partial charge >= 0.3 is 0 Å². The van der Waals surface area contributed by atoms with E-state index in [2.05, 4.69) is 15.1 Å². The van der Waals surface area contributed by atoms with Gasteiger partial charge in [-0.05, 0) is 104 Å². The molecule has 2 fully saturated rings. The van der Waals surface area contributed by atoms with Crippen LogP contribution in [0, 0.1) is 0 Å². The highest BCUT2D eigenvalue weighted by Crippen LogP contribution is 2.27. The summed E-state index contributed by atoms with van der Waals surface area (Å²) < 4.78 is 28.6. The standard InChI is InChI=1S/C27H29ClN2O5.C20H23ClN2O4/c1-33-23-6-4-5-19(15-23)27(32)29-25-7-2-3-8-26(25)34-18-21(31)16-30-14-13-24(17-30)35-22-11-9-20(28)10-12-22;21-14-5-7-16(8-6-14)27-17-9-10-23(12-17)11-15(24)13-26-19-4-2-1-3-18(19)20(22)25/h2-12,15,21,24,31H,13-14,16-18H2,1H3,(H,29,32);1-8,15,17,24H,9-13H2,(H2,22,25). The van der Waals surface area contributed by atoms with Crippen LogP contribution in [-0.2, 0) is 0 Å². The zero-order valence-corrected chi connectivity index (χ0v) is 35.9. The van der Waals surface area contributed by atoms with Gasteiger partial charge in [0.2, 0.25) is 0 Å². The van der Waals surface area contributed by atoms with Crippen LogP contribution in [0.25, 0.3) is 0 Å². The van der Waals surface area contributed by atoms with Gasteiger partial charge in [0.1, 0.15) is 66.4 Å². The first kappa shape index (κ1) is 46.0. The number of nitrogens with one attached hydrogen (secondary N) is 1. The molecule has 2 aliphatic rings. The van der Waals surface area contributed by atoms with Crippen LogP contribution in [0.2, 0.25) is 10.0 Å². The Bertz CT molecular complexity index is 2200. The third kappa shape index (κ3) is 14.3. The number of nitrogens with two attached hydrogens (primary N) is 1. The average Bonchev–Trinajstić information content (AvgIpc) is 3.92. The van der Waals surface area contributed by atoms with Crippen molar-refractivity contribution in [2.75, 3.05) is 64.9 Å². The Morgan fingerprint density at radius 1 is 0.694 bits per heavy atom. The summed E-state index contributed by atoms with van der Waals surface area (Å²) in [4.78, 5) is 28.4. The summed E-state index contributed by atoms with van der Waals surface area (Å²) in [6.07, 6.45) is 0.550. The van der Waals surface area contributed by atoms with Gasteiger partial charge in [-0.15, -0.1) is 0 Å². The molecule has 2 saturated heterocycles. The minimum Gasteiger partial charge on any atom is -0.497 e. The van der Waals surface area contributed by atoms with Crippen molar-refractivity contribution in [2.45, 2.75) is 37.3 Å². The minimum absolute atomic E-state index is 0.0665. The number of amides is 2. The van der Waals surface area contributed by atoms with Gasteiger partial charge in [0.05, 0.1) is 18.4 Å². The predicted molar refractivity (Wildman–Crippen MR) is 239 cm³/mol. The molecule has 62 heavy (non-hydrogen) atoms. The molecule has 5 aromatic carbocycles. The number of primary amides is 1. The van der Waals surface area contributed by atoms with Crippen LogP contribution in [0.1, 0.15) is 33.6 Å². The van der Waals surface area contributed by atoms with Crippen LogP contribution in [-0.4, -0.2) is 116 Å². The summed E-state index contributed by atoms with van der Waals surface area (Å²) >= 11 is 11.8. The fourth-order valence-electron chi connectivity index (χ4n) is 7.05. The molecule has 0 radical (unpaired) electrons. The fourth-order valence-corrected chi connectivity index (χ4v) is 7.31. The number of nitrogens with zero attached hydrogens (tertiary/aromatic N) is 2.